The highest BCUT2D eigenvalue weighted by atomic mass is 127. The summed E-state index contributed by atoms with van der Waals surface area (Å²) < 4.78 is 24.2. The van der Waals surface area contributed by atoms with E-state index in [2.05, 4.69) is 25.3 Å². The van der Waals surface area contributed by atoms with Crippen LogP contribution >= 0.6 is 35.3 Å². The molecule has 3 N–H and O–H groups in total. The van der Waals surface area contributed by atoms with Crippen LogP contribution in [0.5, 0.6) is 0 Å². The smallest absolute Gasteiger partial charge is 0.208 e. The van der Waals surface area contributed by atoms with Crippen LogP contribution in [-0.2, 0) is 16.6 Å². The Morgan fingerprint density at radius 3 is 2.55 bits per heavy atom. The highest BCUT2D eigenvalue weighted by Gasteiger charge is 2.05. The van der Waals surface area contributed by atoms with Gasteiger partial charge in [-0.05, 0) is 0 Å². The Morgan fingerprint density at radius 2 is 2.05 bits per heavy atom. The van der Waals surface area contributed by atoms with Crippen molar-refractivity contribution in [2.45, 2.75) is 6.54 Å². The van der Waals surface area contributed by atoms with E-state index in [4.69, 9.17) is 0 Å². The third-order valence-electron chi connectivity index (χ3n) is 2.36. The van der Waals surface area contributed by atoms with Crippen LogP contribution in [0.15, 0.2) is 10.4 Å². The number of rotatable bonds is 7. The van der Waals surface area contributed by atoms with Crippen molar-refractivity contribution in [3.8, 4) is 0 Å². The highest BCUT2D eigenvalue weighted by Crippen LogP contribution is 2.17. The first-order valence-electron chi connectivity index (χ1n) is 6.32. The Balaban J connectivity index is 0.00000441. The second kappa shape index (κ2) is 10.2. The Hall–Kier alpha value is -0.660. The SMILES string of the molecule is CN=C(NCCNS(C)(=O)=O)NCc1csc(N(C)C)n1.I. The molecule has 0 saturated heterocycles. The molecular weight excluding hydrogens is 439 g/mol. The van der Waals surface area contributed by atoms with E-state index in [0.717, 1.165) is 17.1 Å². The molecule has 11 heteroatoms. The van der Waals surface area contributed by atoms with Crippen LogP contribution < -0.4 is 20.3 Å². The quantitative estimate of drug-likeness (QED) is 0.229. The van der Waals surface area contributed by atoms with E-state index in [-0.39, 0.29) is 24.0 Å². The molecule has 0 spiro atoms. The number of hydrogen-bond acceptors (Lipinski definition) is 6. The zero-order valence-corrected chi connectivity index (χ0v) is 17.0. The minimum Gasteiger partial charge on any atom is -0.355 e. The second-order valence-corrected chi connectivity index (χ2v) is 7.20. The van der Waals surface area contributed by atoms with Crippen LogP contribution in [0.1, 0.15) is 5.69 Å². The zero-order valence-electron chi connectivity index (χ0n) is 13.1. The predicted molar refractivity (Wildman–Crippen MR) is 103 cm³/mol. The Bertz CT molecular complexity index is 573. The second-order valence-electron chi connectivity index (χ2n) is 4.53. The van der Waals surface area contributed by atoms with E-state index < -0.39 is 10.0 Å². The molecule has 1 rings (SSSR count). The van der Waals surface area contributed by atoms with Gasteiger partial charge in [0.1, 0.15) is 0 Å². The van der Waals surface area contributed by atoms with Crippen LogP contribution in [0.3, 0.4) is 0 Å². The molecule has 0 amide bonds. The standard InChI is InChI=1S/C11H22N6O2S2.HI/c1-12-10(13-5-6-15-21(4,18)19)14-7-9-8-20-11(16-9)17(2)3;/h8,15H,5-7H2,1-4H3,(H2,12,13,14);1H. The van der Waals surface area contributed by atoms with Gasteiger partial charge in [-0.15, -0.1) is 35.3 Å². The van der Waals surface area contributed by atoms with Crippen molar-refractivity contribution in [1.82, 2.24) is 20.3 Å². The van der Waals surface area contributed by atoms with Crippen molar-refractivity contribution in [3.63, 3.8) is 0 Å². The predicted octanol–water partition coefficient (Wildman–Crippen LogP) is 0.0413. The van der Waals surface area contributed by atoms with Gasteiger partial charge in [0.15, 0.2) is 11.1 Å². The first-order chi connectivity index (χ1) is 9.81. The van der Waals surface area contributed by atoms with E-state index in [9.17, 15) is 8.42 Å². The van der Waals surface area contributed by atoms with Gasteiger partial charge in [-0.3, -0.25) is 4.99 Å². The molecule has 1 heterocycles. The maximum atomic E-state index is 10.9. The number of aliphatic imine (C=N–C) groups is 1. The van der Waals surface area contributed by atoms with Crippen molar-refractivity contribution in [3.05, 3.63) is 11.1 Å². The molecule has 0 atom stereocenters. The monoisotopic (exact) mass is 462 g/mol. The third kappa shape index (κ3) is 8.70. The summed E-state index contributed by atoms with van der Waals surface area (Å²) in [7, 11) is 2.40. The topological polar surface area (TPSA) is 98.7 Å². The van der Waals surface area contributed by atoms with Gasteiger partial charge in [0, 0.05) is 39.6 Å². The molecular formula is C11H23IN6O2S2. The molecule has 0 aliphatic rings. The average Bonchev–Trinajstić information content (AvgIpc) is 2.85. The number of anilines is 1. The van der Waals surface area contributed by atoms with Crippen LogP contribution in [0.25, 0.3) is 0 Å². The minimum atomic E-state index is -3.15. The number of hydrogen-bond donors (Lipinski definition) is 3. The van der Waals surface area contributed by atoms with Gasteiger partial charge in [-0.1, -0.05) is 0 Å². The average molecular weight is 462 g/mol. The lowest BCUT2D eigenvalue weighted by atomic mass is 10.5. The van der Waals surface area contributed by atoms with E-state index in [1.807, 2.05) is 24.4 Å². The normalized spacial score (nSPS) is 11.7. The summed E-state index contributed by atoms with van der Waals surface area (Å²) in [5.74, 6) is 0.602. The number of halogens is 1. The van der Waals surface area contributed by atoms with Gasteiger partial charge in [0.05, 0.1) is 18.5 Å². The number of sulfonamides is 1. The van der Waals surface area contributed by atoms with Gasteiger partial charge in [-0.25, -0.2) is 18.1 Å². The van der Waals surface area contributed by atoms with Crippen LogP contribution in [-0.4, -0.2) is 59.8 Å². The van der Waals surface area contributed by atoms with Gasteiger partial charge in [0.2, 0.25) is 10.0 Å². The van der Waals surface area contributed by atoms with Crippen molar-refractivity contribution in [1.29, 1.82) is 0 Å². The minimum absolute atomic E-state index is 0. The maximum Gasteiger partial charge on any atom is 0.208 e. The summed E-state index contributed by atoms with van der Waals surface area (Å²) in [6.45, 7) is 1.32. The summed E-state index contributed by atoms with van der Waals surface area (Å²) in [4.78, 5) is 10.5. The van der Waals surface area contributed by atoms with E-state index in [0.29, 0.717) is 25.6 Å². The Labute approximate surface area is 152 Å². The summed E-state index contributed by atoms with van der Waals surface area (Å²) >= 11 is 1.58. The lowest BCUT2D eigenvalue weighted by molar-refractivity contribution is 0.586. The lowest BCUT2D eigenvalue weighted by Gasteiger charge is -2.11. The fourth-order valence-electron chi connectivity index (χ4n) is 1.40. The summed E-state index contributed by atoms with van der Waals surface area (Å²) in [5, 5.41) is 9.08. The number of aromatic nitrogens is 1. The van der Waals surface area contributed by atoms with Crippen LogP contribution in [0.2, 0.25) is 0 Å². The fraction of sp³-hybridized carbons (Fsp3) is 0.636. The maximum absolute atomic E-state index is 10.9. The molecule has 1 aromatic rings. The third-order valence-corrected chi connectivity index (χ3v) is 4.15. The molecule has 0 aliphatic carbocycles. The molecule has 0 fully saturated rings. The van der Waals surface area contributed by atoms with E-state index >= 15 is 0 Å². The molecule has 8 nitrogen and oxygen atoms in total. The van der Waals surface area contributed by atoms with Crippen LogP contribution in [0.4, 0.5) is 5.13 Å². The van der Waals surface area contributed by atoms with Crippen LogP contribution in [0, 0.1) is 0 Å². The summed E-state index contributed by atoms with van der Waals surface area (Å²) in [6, 6.07) is 0. The number of thiazole rings is 1. The fourth-order valence-corrected chi connectivity index (χ4v) is 2.63. The molecule has 0 aliphatic heterocycles. The van der Waals surface area contributed by atoms with Crippen molar-refractivity contribution in [2.24, 2.45) is 4.99 Å². The summed E-state index contributed by atoms with van der Waals surface area (Å²) in [6.07, 6.45) is 1.13. The van der Waals surface area contributed by atoms with Gasteiger partial charge >= 0.3 is 0 Å². The number of nitrogens with zero attached hydrogens (tertiary/aromatic N) is 3. The molecule has 0 bridgehead atoms. The van der Waals surface area contributed by atoms with Crippen molar-refractivity contribution < 1.29 is 8.42 Å². The Morgan fingerprint density at radius 1 is 1.36 bits per heavy atom. The van der Waals surface area contributed by atoms with Gasteiger partial charge < -0.3 is 15.5 Å². The first-order valence-corrected chi connectivity index (χ1v) is 9.10. The van der Waals surface area contributed by atoms with E-state index in [1.165, 1.54) is 0 Å². The molecule has 0 unspecified atom stereocenters. The van der Waals surface area contributed by atoms with Gasteiger partial charge in [0.25, 0.3) is 0 Å². The number of nitrogens with one attached hydrogen (secondary N) is 3. The van der Waals surface area contributed by atoms with Gasteiger partial charge in [-0.2, -0.15) is 0 Å². The molecule has 128 valence electrons. The first kappa shape index (κ1) is 21.3. The summed E-state index contributed by atoms with van der Waals surface area (Å²) in [5.41, 5.74) is 0.931. The van der Waals surface area contributed by atoms with Crippen molar-refractivity contribution in [2.75, 3.05) is 45.4 Å². The highest BCUT2D eigenvalue weighted by molar-refractivity contribution is 14.0. The Kier molecular flexibility index (Phi) is 9.87. The molecule has 0 aromatic carbocycles. The molecule has 22 heavy (non-hydrogen) atoms. The molecule has 0 radical (unpaired) electrons. The molecule has 0 saturated carbocycles. The largest absolute Gasteiger partial charge is 0.355 e. The zero-order chi connectivity index (χ0) is 15.9. The lowest BCUT2D eigenvalue weighted by Crippen LogP contribution is -2.41. The number of guanidine groups is 1. The molecule has 1 aromatic heterocycles. The van der Waals surface area contributed by atoms with E-state index in [1.54, 1.807) is 18.4 Å². The van der Waals surface area contributed by atoms with Crippen molar-refractivity contribution >= 4 is 56.4 Å².